The Labute approximate surface area is 196 Å². The lowest BCUT2D eigenvalue weighted by Crippen LogP contribution is -2.36. The van der Waals surface area contributed by atoms with Crippen LogP contribution in [0, 0.1) is 0 Å². The predicted octanol–water partition coefficient (Wildman–Crippen LogP) is 5.64. The smallest absolute Gasteiger partial charge is 0.235 e. The number of aromatic nitrogens is 4. The van der Waals surface area contributed by atoms with Gasteiger partial charge in [-0.1, -0.05) is 60.7 Å². The highest BCUT2D eigenvalue weighted by Crippen LogP contribution is 2.24. The van der Waals surface area contributed by atoms with Crippen LogP contribution in [0.3, 0.4) is 0 Å². The van der Waals surface area contributed by atoms with E-state index in [1.165, 1.54) is 0 Å². The summed E-state index contributed by atoms with van der Waals surface area (Å²) in [5.74, 6) is 0. The van der Waals surface area contributed by atoms with Gasteiger partial charge in [-0.2, -0.15) is 0 Å². The van der Waals surface area contributed by atoms with Crippen molar-refractivity contribution in [1.29, 1.82) is 0 Å². The van der Waals surface area contributed by atoms with Gasteiger partial charge in [0, 0.05) is 42.5 Å². The fourth-order valence-corrected chi connectivity index (χ4v) is 4.82. The highest BCUT2D eigenvalue weighted by atomic mass is 15.0. The van der Waals surface area contributed by atoms with Crippen molar-refractivity contribution < 1.29 is 9.13 Å². The number of hydrogen-bond acceptors (Lipinski definition) is 2. The van der Waals surface area contributed by atoms with E-state index < -0.39 is 0 Å². The lowest BCUT2D eigenvalue weighted by atomic mass is 10.1. The lowest BCUT2D eigenvalue weighted by molar-refractivity contribution is -0.542. The van der Waals surface area contributed by atoms with Crippen LogP contribution in [0.4, 0.5) is 0 Å². The second-order valence-electron chi connectivity index (χ2n) is 8.37. The third-order valence-corrected chi connectivity index (χ3v) is 6.31. The summed E-state index contributed by atoms with van der Waals surface area (Å²) in [6.07, 6.45) is 0. The quantitative estimate of drug-likeness (QED) is 0.259. The molecule has 4 nitrogen and oxygen atoms in total. The van der Waals surface area contributed by atoms with Crippen molar-refractivity contribution in [2.45, 2.75) is 0 Å². The molecule has 34 heavy (non-hydrogen) atoms. The minimum absolute atomic E-state index is 0.914. The molecule has 0 unspecified atom stereocenters. The summed E-state index contributed by atoms with van der Waals surface area (Å²) in [4.78, 5) is 10.1. The molecule has 158 valence electrons. The monoisotopic (exact) mass is 436 g/mol. The number of para-hydroxylation sites is 6. The van der Waals surface area contributed by atoms with Gasteiger partial charge in [0.2, 0.25) is 33.4 Å². The molecule has 5 aromatic carbocycles. The first kappa shape index (κ1) is 18.8. The molecule has 2 aromatic heterocycles. The fourth-order valence-electron chi connectivity index (χ4n) is 4.82. The van der Waals surface area contributed by atoms with E-state index in [1.54, 1.807) is 0 Å². The van der Waals surface area contributed by atoms with Crippen LogP contribution in [0.1, 0.15) is 0 Å². The first-order valence-electron chi connectivity index (χ1n) is 11.4. The number of fused-ring (bicyclic) bond motifs is 4. The molecule has 0 aliphatic rings. The average molecular weight is 437 g/mol. The van der Waals surface area contributed by atoms with E-state index in [0.29, 0.717) is 0 Å². The van der Waals surface area contributed by atoms with Crippen LogP contribution in [0.5, 0.6) is 0 Å². The third kappa shape index (κ3) is 2.86. The molecular weight excluding hydrogens is 416 g/mol. The summed E-state index contributed by atoms with van der Waals surface area (Å²) in [5.41, 5.74) is 10.2. The minimum Gasteiger partial charge on any atom is -0.235 e. The van der Waals surface area contributed by atoms with E-state index in [2.05, 4.69) is 106 Å². The molecule has 0 spiro atoms. The zero-order chi connectivity index (χ0) is 22.5. The maximum atomic E-state index is 5.03. The number of nitrogens with zero attached hydrogens (tertiary/aromatic N) is 4. The topological polar surface area (TPSA) is 33.5 Å². The van der Waals surface area contributed by atoms with Crippen LogP contribution in [0.15, 0.2) is 121 Å². The number of rotatable bonds is 2. The first-order chi connectivity index (χ1) is 16.9. The van der Waals surface area contributed by atoms with E-state index >= 15 is 0 Å². The van der Waals surface area contributed by atoms with Gasteiger partial charge in [0.05, 0.1) is 6.07 Å². The maximum Gasteiger partial charge on any atom is 0.244 e. The Morgan fingerprint density at radius 3 is 1.24 bits per heavy atom. The molecule has 4 heteroatoms. The van der Waals surface area contributed by atoms with Gasteiger partial charge in [0.1, 0.15) is 22.1 Å². The van der Waals surface area contributed by atoms with Crippen molar-refractivity contribution in [3.8, 4) is 11.4 Å². The fraction of sp³-hybridized carbons (Fsp3) is 0. The van der Waals surface area contributed by atoms with Crippen molar-refractivity contribution in [2.24, 2.45) is 0 Å². The van der Waals surface area contributed by atoms with E-state index in [0.717, 1.165) is 55.5 Å². The van der Waals surface area contributed by atoms with Crippen LogP contribution in [-0.2, 0) is 0 Å². The molecule has 0 aliphatic heterocycles. The van der Waals surface area contributed by atoms with Crippen LogP contribution in [0.2, 0.25) is 0 Å². The normalized spacial score (nSPS) is 11.5. The summed E-state index contributed by atoms with van der Waals surface area (Å²) in [7, 11) is 0. The zero-order valence-corrected chi connectivity index (χ0v) is 18.3. The Hall–Kier alpha value is -4.70. The Morgan fingerprint density at radius 2 is 0.765 bits per heavy atom. The third-order valence-electron chi connectivity index (χ3n) is 6.31. The van der Waals surface area contributed by atoms with Gasteiger partial charge in [0.15, 0.2) is 0 Å². The van der Waals surface area contributed by atoms with Crippen LogP contribution < -0.4 is 9.13 Å². The minimum atomic E-state index is 0.914. The van der Waals surface area contributed by atoms with Gasteiger partial charge in [0.25, 0.3) is 0 Å². The van der Waals surface area contributed by atoms with Gasteiger partial charge in [-0.25, -0.2) is 9.97 Å². The SMILES string of the molecule is c1ccc(-[n+]2c3ccccc3nc3cc4nc5ccccc5[n+](-c5ccccc5)c4cc32)cc1. The van der Waals surface area contributed by atoms with Gasteiger partial charge in [-0.3, -0.25) is 0 Å². The summed E-state index contributed by atoms with van der Waals surface area (Å²) < 4.78 is 4.59. The molecule has 0 fully saturated rings. The molecule has 7 rings (SSSR count). The molecule has 0 saturated carbocycles. The molecule has 0 radical (unpaired) electrons. The summed E-state index contributed by atoms with van der Waals surface area (Å²) >= 11 is 0. The Bertz CT molecular complexity index is 1710. The van der Waals surface area contributed by atoms with Crippen LogP contribution >= 0.6 is 0 Å². The molecule has 0 N–H and O–H groups in total. The lowest BCUT2D eigenvalue weighted by Gasteiger charge is -2.08. The first-order valence-corrected chi connectivity index (χ1v) is 11.4. The predicted molar refractivity (Wildman–Crippen MR) is 135 cm³/mol. The molecule has 0 amide bonds. The van der Waals surface area contributed by atoms with Crippen LogP contribution in [-0.4, -0.2) is 9.97 Å². The molecular formula is C30H20N4+2. The summed E-state index contributed by atoms with van der Waals surface area (Å²) in [6.45, 7) is 0. The molecule has 0 saturated heterocycles. The summed E-state index contributed by atoms with van der Waals surface area (Å²) in [5, 5.41) is 0. The average Bonchev–Trinajstić information content (AvgIpc) is 2.90. The zero-order valence-electron chi connectivity index (χ0n) is 18.3. The van der Waals surface area contributed by atoms with Gasteiger partial charge in [-0.05, 0) is 12.1 Å². The molecule has 7 aromatic rings. The largest absolute Gasteiger partial charge is 0.244 e. The van der Waals surface area contributed by atoms with E-state index in [9.17, 15) is 0 Å². The van der Waals surface area contributed by atoms with Gasteiger partial charge < -0.3 is 0 Å². The Morgan fingerprint density at radius 1 is 0.353 bits per heavy atom. The molecule has 0 bridgehead atoms. The molecule has 2 heterocycles. The Balaban J connectivity index is 1.70. The van der Waals surface area contributed by atoms with E-state index in [4.69, 9.17) is 9.97 Å². The van der Waals surface area contributed by atoms with Crippen molar-refractivity contribution in [3.05, 3.63) is 121 Å². The highest BCUT2D eigenvalue weighted by molar-refractivity contribution is 5.93. The van der Waals surface area contributed by atoms with Gasteiger partial charge >= 0.3 is 0 Å². The van der Waals surface area contributed by atoms with Crippen molar-refractivity contribution in [2.75, 3.05) is 0 Å². The second-order valence-corrected chi connectivity index (χ2v) is 8.37. The van der Waals surface area contributed by atoms with E-state index in [-0.39, 0.29) is 0 Å². The van der Waals surface area contributed by atoms with Crippen LogP contribution in [0.25, 0.3) is 55.5 Å². The second kappa shape index (κ2) is 7.42. The summed E-state index contributed by atoms with van der Waals surface area (Å²) in [6, 6.07) is 41.9. The highest BCUT2D eigenvalue weighted by Gasteiger charge is 2.25. The van der Waals surface area contributed by atoms with E-state index in [1.807, 2.05) is 24.3 Å². The number of hydrogen-bond donors (Lipinski definition) is 0. The van der Waals surface area contributed by atoms with Gasteiger partial charge in [-0.15, -0.1) is 9.13 Å². The molecule has 0 aliphatic carbocycles. The molecule has 0 atom stereocenters. The standard InChI is InChI=1S/C30H20N4/c1-3-11-21(12-4-1)33-27-17-9-7-15-23(27)31-25-19-26-30(20-29(25)33)34(22-13-5-2-6-14-22)28-18-10-8-16-24(28)32-26/h1-20H/q+2. The van der Waals surface area contributed by atoms with Crippen molar-refractivity contribution in [3.63, 3.8) is 0 Å². The van der Waals surface area contributed by atoms with Crippen molar-refractivity contribution in [1.82, 2.24) is 9.97 Å². The van der Waals surface area contributed by atoms with Crippen molar-refractivity contribution >= 4 is 44.1 Å². The Kier molecular flexibility index (Phi) is 4.11. The maximum absolute atomic E-state index is 5.03. The number of benzene rings is 5.